The van der Waals surface area contributed by atoms with Crippen LogP contribution in [0, 0.1) is 13.8 Å². The minimum absolute atomic E-state index is 0.0263. The number of nitrogens with one attached hydrogen (secondary N) is 2. The van der Waals surface area contributed by atoms with E-state index in [1.54, 1.807) is 6.92 Å². The van der Waals surface area contributed by atoms with Gasteiger partial charge in [0, 0.05) is 24.7 Å². The number of likely N-dealkylation sites (N-methyl/N-ethyl adjacent to an activating group) is 1. The number of sulfonamides is 1. The molecule has 1 unspecified atom stereocenters. The molecule has 0 aromatic carbocycles. The maximum absolute atomic E-state index is 12.7. The first kappa shape index (κ1) is 16.5. The first-order chi connectivity index (χ1) is 9.85. The highest BCUT2D eigenvalue weighted by molar-refractivity contribution is 7.89. The third-order valence-corrected chi connectivity index (χ3v) is 5.57. The van der Waals surface area contributed by atoms with Crippen molar-refractivity contribution >= 4 is 10.0 Å². The Morgan fingerprint density at radius 3 is 2.62 bits per heavy atom. The lowest BCUT2D eigenvalue weighted by atomic mass is 10.2. The third kappa shape index (κ3) is 3.66. The zero-order valence-corrected chi connectivity index (χ0v) is 14.0. The van der Waals surface area contributed by atoms with Gasteiger partial charge in [-0.1, -0.05) is 6.92 Å². The van der Waals surface area contributed by atoms with Crippen molar-refractivity contribution in [1.29, 1.82) is 0 Å². The molecule has 1 fully saturated rings. The molecule has 21 heavy (non-hydrogen) atoms. The quantitative estimate of drug-likeness (QED) is 0.819. The molecule has 7 heteroatoms. The van der Waals surface area contributed by atoms with E-state index in [9.17, 15) is 8.42 Å². The predicted octanol–water partition coefficient (Wildman–Crippen LogP) is 0.988. The third-order valence-electron chi connectivity index (χ3n) is 3.86. The van der Waals surface area contributed by atoms with Gasteiger partial charge in [-0.05, 0) is 40.4 Å². The van der Waals surface area contributed by atoms with Crippen LogP contribution in [0.3, 0.4) is 0 Å². The number of hydrogen-bond acceptors (Lipinski definition) is 5. The highest BCUT2D eigenvalue weighted by Crippen LogP contribution is 2.27. The Labute approximate surface area is 126 Å². The minimum atomic E-state index is -3.55. The maximum Gasteiger partial charge on any atom is 0.244 e. The highest BCUT2D eigenvalue weighted by atomic mass is 32.2. The second-order valence-electron chi connectivity index (χ2n) is 5.67. The van der Waals surface area contributed by atoms with E-state index < -0.39 is 10.0 Å². The Morgan fingerprint density at radius 1 is 1.33 bits per heavy atom. The van der Waals surface area contributed by atoms with Crippen molar-refractivity contribution in [3.63, 3.8) is 0 Å². The summed E-state index contributed by atoms with van der Waals surface area (Å²) in [6.07, 6.45) is 0.841. The normalized spacial score (nSPS) is 20.3. The second kappa shape index (κ2) is 6.48. The molecule has 120 valence electrons. The van der Waals surface area contributed by atoms with Gasteiger partial charge in [-0.15, -0.1) is 0 Å². The van der Waals surface area contributed by atoms with E-state index in [2.05, 4.69) is 14.9 Å². The van der Waals surface area contributed by atoms with E-state index >= 15 is 0 Å². The minimum Gasteiger partial charge on any atom is -0.465 e. The average molecular weight is 315 g/mol. The van der Waals surface area contributed by atoms with Crippen LogP contribution < -0.4 is 10.0 Å². The maximum atomic E-state index is 12.7. The zero-order valence-electron chi connectivity index (χ0n) is 13.2. The second-order valence-corrected chi connectivity index (χ2v) is 7.32. The smallest absolute Gasteiger partial charge is 0.244 e. The van der Waals surface area contributed by atoms with Crippen molar-refractivity contribution in [2.24, 2.45) is 0 Å². The number of likely N-dealkylation sites (tertiary alicyclic amines) is 1. The molecule has 1 aliphatic rings. The molecule has 1 aromatic heterocycles. The molecule has 2 rings (SSSR count). The van der Waals surface area contributed by atoms with E-state index in [1.165, 1.54) is 0 Å². The largest absolute Gasteiger partial charge is 0.465 e. The van der Waals surface area contributed by atoms with Crippen LogP contribution in [-0.4, -0.2) is 46.0 Å². The van der Waals surface area contributed by atoms with E-state index in [1.807, 2.05) is 20.9 Å². The van der Waals surface area contributed by atoms with Gasteiger partial charge in [0.15, 0.2) is 0 Å². The Morgan fingerprint density at radius 2 is 2.05 bits per heavy atom. The average Bonchev–Trinajstić information content (AvgIpc) is 2.90. The Hall–Kier alpha value is -0.890. The first-order valence-corrected chi connectivity index (χ1v) is 8.84. The molecule has 1 saturated heterocycles. The molecule has 0 spiro atoms. The Kier molecular flexibility index (Phi) is 5.08. The highest BCUT2D eigenvalue weighted by Gasteiger charge is 2.30. The van der Waals surface area contributed by atoms with Gasteiger partial charge in [-0.2, -0.15) is 0 Å². The van der Waals surface area contributed by atoms with Crippen molar-refractivity contribution in [2.75, 3.05) is 26.7 Å². The number of nitrogens with zero attached hydrogens (tertiary/aromatic N) is 1. The first-order valence-electron chi connectivity index (χ1n) is 7.35. The van der Waals surface area contributed by atoms with E-state index in [-0.39, 0.29) is 6.04 Å². The van der Waals surface area contributed by atoms with Crippen LogP contribution in [0.25, 0.3) is 0 Å². The van der Waals surface area contributed by atoms with Gasteiger partial charge in [0.2, 0.25) is 10.0 Å². The fraction of sp³-hybridized carbons (Fsp3) is 0.714. The molecule has 2 heterocycles. The number of rotatable bonds is 6. The van der Waals surface area contributed by atoms with Gasteiger partial charge in [-0.3, -0.25) is 0 Å². The molecular weight excluding hydrogens is 290 g/mol. The monoisotopic (exact) mass is 315 g/mol. The molecule has 1 atom stereocenters. The fourth-order valence-electron chi connectivity index (χ4n) is 2.83. The van der Waals surface area contributed by atoms with Crippen LogP contribution in [0.4, 0.5) is 0 Å². The van der Waals surface area contributed by atoms with Crippen LogP contribution in [0.5, 0.6) is 0 Å². The summed E-state index contributed by atoms with van der Waals surface area (Å²) < 4.78 is 33.8. The molecule has 2 N–H and O–H groups in total. The standard InChI is InChI=1S/C14H25N3O3S/c1-5-15-8-13-10(2)20-11(3)14(13)21(18,19)16-12-6-7-17(4)9-12/h12,15-16H,5-9H2,1-4H3. The van der Waals surface area contributed by atoms with Gasteiger partial charge in [-0.25, -0.2) is 13.1 Å². The molecule has 0 bridgehead atoms. The van der Waals surface area contributed by atoms with Crippen LogP contribution >= 0.6 is 0 Å². The Bertz CT molecular complexity index is 595. The lowest BCUT2D eigenvalue weighted by molar-refractivity contribution is 0.407. The Balaban J connectivity index is 2.26. The van der Waals surface area contributed by atoms with Crippen LogP contribution in [0.1, 0.15) is 30.4 Å². The van der Waals surface area contributed by atoms with Gasteiger partial charge >= 0.3 is 0 Å². The summed E-state index contributed by atoms with van der Waals surface area (Å²) >= 11 is 0. The molecule has 0 radical (unpaired) electrons. The van der Waals surface area contributed by atoms with Crippen LogP contribution in [0.15, 0.2) is 9.31 Å². The van der Waals surface area contributed by atoms with E-state index in [4.69, 9.17) is 4.42 Å². The number of furan rings is 1. The van der Waals surface area contributed by atoms with Crippen molar-refractivity contribution in [2.45, 2.75) is 44.7 Å². The van der Waals surface area contributed by atoms with Crippen molar-refractivity contribution in [1.82, 2.24) is 14.9 Å². The van der Waals surface area contributed by atoms with Crippen LogP contribution in [0.2, 0.25) is 0 Å². The van der Waals surface area contributed by atoms with Gasteiger partial charge < -0.3 is 14.6 Å². The van der Waals surface area contributed by atoms with Gasteiger partial charge in [0.1, 0.15) is 16.4 Å². The zero-order chi connectivity index (χ0) is 15.6. The van der Waals surface area contributed by atoms with E-state index in [0.717, 1.165) is 31.6 Å². The molecule has 1 aromatic rings. The van der Waals surface area contributed by atoms with Crippen molar-refractivity contribution in [3.05, 3.63) is 17.1 Å². The van der Waals surface area contributed by atoms with Gasteiger partial charge in [0.25, 0.3) is 0 Å². The van der Waals surface area contributed by atoms with Gasteiger partial charge in [0.05, 0.1) is 0 Å². The summed E-state index contributed by atoms with van der Waals surface area (Å²) in [6.45, 7) is 8.45. The molecule has 0 amide bonds. The lowest BCUT2D eigenvalue weighted by Gasteiger charge is -2.14. The molecule has 1 aliphatic heterocycles. The van der Waals surface area contributed by atoms with Crippen molar-refractivity contribution in [3.8, 4) is 0 Å². The predicted molar refractivity (Wildman–Crippen MR) is 81.8 cm³/mol. The van der Waals surface area contributed by atoms with Crippen molar-refractivity contribution < 1.29 is 12.8 Å². The molecule has 6 nitrogen and oxygen atoms in total. The molecule has 0 saturated carbocycles. The summed E-state index contributed by atoms with van der Waals surface area (Å²) in [5.41, 5.74) is 0.730. The number of aryl methyl sites for hydroxylation is 2. The van der Waals surface area contributed by atoms with E-state index in [0.29, 0.717) is 23.0 Å². The topological polar surface area (TPSA) is 74.6 Å². The summed E-state index contributed by atoms with van der Waals surface area (Å²) in [4.78, 5) is 2.43. The number of hydrogen-bond donors (Lipinski definition) is 2. The fourth-order valence-corrected chi connectivity index (χ4v) is 4.54. The summed E-state index contributed by atoms with van der Waals surface area (Å²) in [6, 6.07) is -0.0263. The molecule has 0 aliphatic carbocycles. The summed E-state index contributed by atoms with van der Waals surface area (Å²) in [5, 5.41) is 3.17. The summed E-state index contributed by atoms with van der Waals surface area (Å²) in [7, 11) is -1.55. The summed E-state index contributed by atoms with van der Waals surface area (Å²) in [5.74, 6) is 1.12. The lowest BCUT2D eigenvalue weighted by Crippen LogP contribution is -2.37. The SMILES string of the molecule is CCNCc1c(C)oc(C)c1S(=O)(=O)NC1CCN(C)C1. The molecular formula is C14H25N3O3S. The van der Waals surface area contributed by atoms with Crippen LogP contribution in [-0.2, 0) is 16.6 Å².